The minimum absolute atomic E-state index is 0.0381. The smallest absolute Gasteiger partial charge is 0.165 e. The fourth-order valence-corrected chi connectivity index (χ4v) is 3.21. The van der Waals surface area contributed by atoms with E-state index >= 15 is 0 Å². The Hall–Kier alpha value is -3.27. The fourth-order valence-electron chi connectivity index (χ4n) is 3.21. The summed E-state index contributed by atoms with van der Waals surface area (Å²) in [7, 11) is 3.15. The van der Waals surface area contributed by atoms with Crippen molar-refractivity contribution in [2.75, 3.05) is 19.5 Å². The van der Waals surface area contributed by atoms with Crippen LogP contribution in [0.1, 0.15) is 39.5 Å². The quantitative estimate of drug-likeness (QED) is 0.499. The van der Waals surface area contributed by atoms with Gasteiger partial charge in [0.1, 0.15) is 0 Å². The second kappa shape index (κ2) is 9.28. The highest BCUT2D eigenvalue weighted by Crippen LogP contribution is 2.30. The number of methoxy groups -OCH3 is 2. The molecular weight excluding hydrogens is 362 g/mol. The van der Waals surface area contributed by atoms with Crippen molar-refractivity contribution in [2.24, 2.45) is 0 Å². The average Bonchev–Trinajstić information content (AvgIpc) is 2.74. The summed E-state index contributed by atoms with van der Waals surface area (Å²) in [5, 5.41) is 3.52. The topological polar surface area (TPSA) is 47.6 Å². The zero-order valence-corrected chi connectivity index (χ0v) is 17.4. The molecule has 0 aliphatic heterocycles. The number of carbonyl (C=O) groups is 1. The van der Waals surface area contributed by atoms with Crippen LogP contribution in [-0.2, 0) is 0 Å². The Morgan fingerprint density at radius 2 is 1.41 bits per heavy atom. The molecule has 0 bridgehead atoms. The first-order valence-corrected chi connectivity index (χ1v) is 9.65. The van der Waals surface area contributed by atoms with E-state index in [9.17, 15) is 4.79 Å². The Labute approximate surface area is 172 Å². The van der Waals surface area contributed by atoms with Crippen LogP contribution in [0.15, 0.2) is 66.7 Å². The Kier molecular flexibility index (Phi) is 6.55. The number of anilines is 1. The highest BCUT2D eigenvalue weighted by atomic mass is 16.5. The first kappa shape index (κ1) is 20.5. The van der Waals surface area contributed by atoms with E-state index in [4.69, 9.17) is 9.47 Å². The SMILES string of the molecule is COc1ccc(C(=O)CC(Nc2ccc(C)cc2)c2ccc(C)cc2)cc1OC. The number of hydrogen-bond acceptors (Lipinski definition) is 4. The number of rotatable bonds is 8. The lowest BCUT2D eigenvalue weighted by molar-refractivity contribution is 0.0976. The maximum Gasteiger partial charge on any atom is 0.165 e. The molecule has 0 aliphatic rings. The third-order valence-corrected chi connectivity index (χ3v) is 4.97. The van der Waals surface area contributed by atoms with Gasteiger partial charge in [0.05, 0.1) is 20.3 Å². The first-order valence-electron chi connectivity index (χ1n) is 9.65. The molecule has 1 unspecified atom stereocenters. The van der Waals surface area contributed by atoms with E-state index in [0.717, 1.165) is 11.3 Å². The number of carbonyl (C=O) groups excluding carboxylic acids is 1. The summed E-state index contributed by atoms with van der Waals surface area (Å²) in [4.78, 5) is 13.1. The van der Waals surface area contributed by atoms with Crippen LogP contribution < -0.4 is 14.8 Å². The molecule has 0 heterocycles. The molecule has 1 N–H and O–H groups in total. The Balaban J connectivity index is 1.86. The van der Waals surface area contributed by atoms with Gasteiger partial charge >= 0.3 is 0 Å². The standard InChI is InChI=1S/C25H27NO3/c1-17-5-9-19(10-6-17)22(26-21-12-7-18(2)8-13-21)16-23(27)20-11-14-24(28-3)25(15-20)29-4/h5-15,22,26H,16H2,1-4H3. The predicted octanol–water partition coefficient (Wildman–Crippen LogP) is 5.75. The van der Waals surface area contributed by atoms with E-state index < -0.39 is 0 Å². The third kappa shape index (κ3) is 5.17. The van der Waals surface area contributed by atoms with Crippen molar-refractivity contribution in [2.45, 2.75) is 26.3 Å². The molecule has 4 heteroatoms. The van der Waals surface area contributed by atoms with Gasteiger partial charge in [-0.2, -0.15) is 0 Å². The normalized spacial score (nSPS) is 11.6. The number of benzene rings is 3. The summed E-state index contributed by atoms with van der Waals surface area (Å²) in [6, 6.07) is 21.6. The second-order valence-electron chi connectivity index (χ2n) is 7.17. The molecule has 150 valence electrons. The number of Topliss-reactive ketones (excluding diaryl/α,β-unsaturated/α-hetero) is 1. The Morgan fingerprint density at radius 1 is 0.828 bits per heavy atom. The van der Waals surface area contributed by atoms with E-state index in [0.29, 0.717) is 23.5 Å². The zero-order chi connectivity index (χ0) is 20.8. The minimum atomic E-state index is -0.140. The number of hydrogen-bond donors (Lipinski definition) is 1. The van der Waals surface area contributed by atoms with Crippen molar-refractivity contribution < 1.29 is 14.3 Å². The van der Waals surface area contributed by atoms with Gasteiger partial charge in [-0.15, -0.1) is 0 Å². The summed E-state index contributed by atoms with van der Waals surface area (Å²) < 4.78 is 10.6. The highest BCUT2D eigenvalue weighted by Gasteiger charge is 2.19. The van der Waals surface area contributed by atoms with Crippen LogP contribution in [0, 0.1) is 13.8 Å². The molecule has 1 atom stereocenters. The fraction of sp³-hybridized carbons (Fsp3) is 0.240. The summed E-state index contributed by atoms with van der Waals surface area (Å²) >= 11 is 0. The van der Waals surface area contributed by atoms with E-state index in [1.165, 1.54) is 11.1 Å². The van der Waals surface area contributed by atoms with Crippen molar-refractivity contribution in [3.8, 4) is 11.5 Å². The van der Waals surface area contributed by atoms with E-state index in [2.05, 4.69) is 55.6 Å². The lowest BCUT2D eigenvalue weighted by Crippen LogP contribution is -2.16. The van der Waals surface area contributed by atoms with Crippen molar-refractivity contribution >= 4 is 11.5 Å². The molecule has 0 saturated carbocycles. The minimum Gasteiger partial charge on any atom is -0.493 e. The van der Waals surface area contributed by atoms with Gasteiger partial charge in [-0.25, -0.2) is 0 Å². The number of ketones is 1. The van der Waals surface area contributed by atoms with Crippen LogP contribution in [0.2, 0.25) is 0 Å². The molecule has 0 aromatic heterocycles. The van der Waals surface area contributed by atoms with Gasteiger partial charge in [0.25, 0.3) is 0 Å². The van der Waals surface area contributed by atoms with Gasteiger partial charge in [0, 0.05) is 17.7 Å². The molecule has 3 aromatic carbocycles. The molecule has 3 aromatic rings. The van der Waals surface area contributed by atoms with Crippen molar-refractivity contribution in [3.05, 3.63) is 89.0 Å². The van der Waals surface area contributed by atoms with E-state index in [1.54, 1.807) is 32.4 Å². The average molecular weight is 389 g/mol. The van der Waals surface area contributed by atoms with Crippen molar-refractivity contribution in [1.29, 1.82) is 0 Å². The van der Waals surface area contributed by atoms with Crippen molar-refractivity contribution in [3.63, 3.8) is 0 Å². The van der Waals surface area contributed by atoms with Crippen LogP contribution in [0.3, 0.4) is 0 Å². The van der Waals surface area contributed by atoms with Gasteiger partial charge in [-0.1, -0.05) is 47.5 Å². The zero-order valence-electron chi connectivity index (χ0n) is 17.4. The lowest BCUT2D eigenvalue weighted by atomic mass is 9.96. The molecular formula is C25H27NO3. The number of ether oxygens (including phenoxy) is 2. The first-order chi connectivity index (χ1) is 14.0. The van der Waals surface area contributed by atoms with Gasteiger partial charge in [-0.3, -0.25) is 4.79 Å². The van der Waals surface area contributed by atoms with Crippen LogP contribution in [0.25, 0.3) is 0 Å². The van der Waals surface area contributed by atoms with E-state index in [1.807, 2.05) is 12.1 Å². The summed E-state index contributed by atoms with van der Waals surface area (Å²) in [5.41, 5.74) is 5.05. The molecule has 0 fully saturated rings. The van der Waals surface area contributed by atoms with Crippen LogP contribution >= 0.6 is 0 Å². The molecule has 0 aliphatic carbocycles. The van der Waals surface area contributed by atoms with Gasteiger partial charge in [0.15, 0.2) is 17.3 Å². The molecule has 0 amide bonds. The summed E-state index contributed by atoms with van der Waals surface area (Å²) in [5.74, 6) is 1.20. The van der Waals surface area contributed by atoms with E-state index in [-0.39, 0.29) is 11.8 Å². The molecule has 0 radical (unpaired) electrons. The van der Waals surface area contributed by atoms with Gasteiger partial charge in [0.2, 0.25) is 0 Å². The predicted molar refractivity (Wildman–Crippen MR) is 117 cm³/mol. The summed E-state index contributed by atoms with van der Waals surface area (Å²) in [6.45, 7) is 4.11. The van der Waals surface area contributed by atoms with Gasteiger partial charge < -0.3 is 14.8 Å². The molecule has 0 saturated heterocycles. The third-order valence-electron chi connectivity index (χ3n) is 4.97. The summed E-state index contributed by atoms with van der Waals surface area (Å²) in [6.07, 6.45) is 0.326. The Morgan fingerprint density at radius 3 is 2.00 bits per heavy atom. The molecule has 0 spiro atoms. The van der Waals surface area contributed by atoms with Gasteiger partial charge in [-0.05, 0) is 49.7 Å². The van der Waals surface area contributed by atoms with Crippen LogP contribution in [-0.4, -0.2) is 20.0 Å². The lowest BCUT2D eigenvalue weighted by Gasteiger charge is -2.21. The molecule has 4 nitrogen and oxygen atoms in total. The number of aryl methyl sites for hydroxylation is 2. The van der Waals surface area contributed by atoms with Crippen molar-refractivity contribution in [1.82, 2.24) is 0 Å². The Bertz CT molecular complexity index is 962. The maximum atomic E-state index is 13.1. The second-order valence-corrected chi connectivity index (χ2v) is 7.17. The van der Waals surface area contributed by atoms with Crippen LogP contribution in [0.5, 0.6) is 11.5 Å². The largest absolute Gasteiger partial charge is 0.493 e. The number of nitrogens with one attached hydrogen (secondary N) is 1. The van der Waals surface area contributed by atoms with Crippen LogP contribution in [0.4, 0.5) is 5.69 Å². The highest BCUT2D eigenvalue weighted by molar-refractivity contribution is 5.97. The monoisotopic (exact) mass is 389 g/mol. The maximum absolute atomic E-state index is 13.1. The molecule has 29 heavy (non-hydrogen) atoms. The molecule has 3 rings (SSSR count).